The maximum absolute atomic E-state index is 12.9. The molecule has 1 aliphatic heterocycles. The van der Waals surface area contributed by atoms with Crippen molar-refractivity contribution in [2.75, 3.05) is 18.0 Å². The van der Waals surface area contributed by atoms with Crippen molar-refractivity contribution in [1.29, 1.82) is 0 Å². The van der Waals surface area contributed by atoms with Gasteiger partial charge in [0.1, 0.15) is 0 Å². The number of nitrogens with zero attached hydrogens (tertiary/aromatic N) is 2. The number of nitro groups is 1. The third-order valence-corrected chi connectivity index (χ3v) is 6.53. The molecule has 0 spiro atoms. The standard InChI is InChI=1S/C27H22N2O4/c30-26-22-8-4-5-9-23(22)27(31)24(26)17-20-16-21(29(32)33)10-11-25(20)28-14-12-19(13-15-28)18-6-2-1-3-7-18/h1-11,16-17,19H,12-15H2. The molecule has 1 heterocycles. The van der Waals surface area contributed by atoms with Gasteiger partial charge < -0.3 is 4.90 Å². The van der Waals surface area contributed by atoms with Gasteiger partial charge in [-0.15, -0.1) is 0 Å². The average Bonchev–Trinajstić information content (AvgIpc) is 3.09. The van der Waals surface area contributed by atoms with E-state index in [-0.39, 0.29) is 22.8 Å². The van der Waals surface area contributed by atoms with Crippen LogP contribution in [0.1, 0.15) is 50.6 Å². The van der Waals surface area contributed by atoms with E-state index in [1.165, 1.54) is 23.8 Å². The molecule has 1 aliphatic carbocycles. The minimum atomic E-state index is -0.458. The Labute approximate surface area is 191 Å². The van der Waals surface area contributed by atoms with Gasteiger partial charge in [0.2, 0.25) is 0 Å². The normalized spacial score (nSPS) is 16.1. The number of piperidine rings is 1. The van der Waals surface area contributed by atoms with E-state index in [1.54, 1.807) is 30.3 Å². The van der Waals surface area contributed by atoms with Gasteiger partial charge in [-0.2, -0.15) is 0 Å². The molecule has 0 radical (unpaired) electrons. The molecular weight excluding hydrogens is 416 g/mol. The summed E-state index contributed by atoms with van der Waals surface area (Å²) in [5.41, 5.74) is 3.39. The predicted octanol–water partition coefficient (Wildman–Crippen LogP) is 5.44. The molecule has 0 aromatic heterocycles. The van der Waals surface area contributed by atoms with Crippen LogP contribution in [0.3, 0.4) is 0 Å². The quantitative estimate of drug-likeness (QED) is 0.234. The van der Waals surface area contributed by atoms with E-state index in [0.29, 0.717) is 22.6 Å². The number of ketones is 2. The van der Waals surface area contributed by atoms with E-state index in [9.17, 15) is 19.7 Å². The van der Waals surface area contributed by atoms with Crippen molar-refractivity contribution >= 4 is 29.0 Å². The van der Waals surface area contributed by atoms with E-state index in [1.807, 2.05) is 6.07 Å². The average molecular weight is 438 g/mol. The summed E-state index contributed by atoms with van der Waals surface area (Å²) in [5.74, 6) is -0.207. The predicted molar refractivity (Wildman–Crippen MR) is 127 cm³/mol. The van der Waals surface area contributed by atoms with Gasteiger partial charge in [0.15, 0.2) is 11.6 Å². The van der Waals surface area contributed by atoms with E-state index in [4.69, 9.17) is 0 Å². The number of hydrogen-bond acceptors (Lipinski definition) is 5. The second-order valence-electron chi connectivity index (χ2n) is 8.43. The Morgan fingerprint density at radius 2 is 1.45 bits per heavy atom. The van der Waals surface area contributed by atoms with Crippen LogP contribution >= 0.6 is 0 Å². The zero-order valence-electron chi connectivity index (χ0n) is 17.9. The number of fused-ring (bicyclic) bond motifs is 1. The summed E-state index contributed by atoms with van der Waals surface area (Å²) in [7, 11) is 0. The van der Waals surface area contributed by atoms with Crippen molar-refractivity contribution in [2.24, 2.45) is 0 Å². The SMILES string of the molecule is O=C1C(=Cc2cc([N+](=O)[O-])ccc2N2CCC(c3ccccc3)CC2)C(=O)c2ccccc21. The van der Waals surface area contributed by atoms with Crippen LogP contribution < -0.4 is 4.90 Å². The molecule has 6 nitrogen and oxygen atoms in total. The molecule has 0 unspecified atom stereocenters. The first kappa shape index (κ1) is 20.8. The van der Waals surface area contributed by atoms with E-state index in [2.05, 4.69) is 29.2 Å². The fourth-order valence-corrected chi connectivity index (χ4v) is 4.80. The molecule has 0 saturated carbocycles. The van der Waals surface area contributed by atoms with Gasteiger partial charge in [0, 0.05) is 47.6 Å². The van der Waals surface area contributed by atoms with Crippen LogP contribution in [0.4, 0.5) is 11.4 Å². The smallest absolute Gasteiger partial charge is 0.270 e. The Kier molecular flexibility index (Phi) is 5.34. The molecule has 0 amide bonds. The maximum atomic E-state index is 12.9. The summed E-state index contributed by atoms with van der Waals surface area (Å²) in [4.78, 5) is 38.9. The van der Waals surface area contributed by atoms with Gasteiger partial charge in [0.05, 0.1) is 10.5 Å². The second kappa shape index (κ2) is 8.47. The molecule has 0 atom stereocenters. The highest BCUT2D eigenvalue weighted by molar-refractivity contribution is 6.41. The van der Waals surface area contributed by atoms with Crippen molar-refractivity contribution < 1.29 is 14.5 Å². The fourth-order valence-electron chi connectivity index (χ4n) is 4.80. The third-order valence-electron chi connectivity index (χ3n) is 6.53. The van der Waals surface area contributed by atoms with Crippen molar-refractivity contribution in [2.45, 2.75) is 18.8 Å². The molecule has 1 fully saturated rings. The Morgan fingerprint density at radius 1 is 0.848 bits per heavy atom. The van der Waals surface area contributed by atoms with Gasteiger partial charge in [-0.3, -0.25) is 19.7 Å². The summed E-state index contributed by atoms with van der Waals surface area (Å²) in [5, 5.41) is 11.4. The number of anilines is 1. The van der Waals surface area contributed by atoms with Crippen molar-refractivity contribution in [3.63, 3.8) is 0 Å². The molecule has 5 rings (SSSR count). The molecule has 164 valence electrons. The summed E-state index contributed by atoms with van der Waals surface area (Å²) in [6.07, 6.45) is 3.44. The lowest BCUT2D eigenvalue weighted by Crippen LogP contribution is -2.33. The zero-order chi connectivity index (χ0) is 22.9. The first-order chi connectivity index (χ1) is 16.0. The molecular formula is C27H22N2O4. The number of rotatable bonds is 4. The number of hydrogen-bond donors (Lipinski definition) is 0. The van der Waals surface area contributed by atoms with Gasteiger partial charge in [-0.1, -0.05) is 54.6 Å². The van der Waals surface area contributed by atoms with Crippen LogP contribution in [-0.4, -0.2) is 29.6 Å². The van der Waals surface area contributed by atoms with E-state index < -0.39 is 4.92 Å². The number of carbonyl (C=O) groups excluding carboxylic acids is 2. The minimum absolute atomic E-state index is 0.0529. The monoisotopic (exact) mass is 438 g/mol. The van der Waals surface area contributed by atoms with Gasteiger partial charge in [-0.25, -0.2) is 0 Å². The Hall–Kier alpha value is -4.06. The number of carbonyl (C=O) groups is 2. The highest BCUT2D eigenvalue weighted by Gasteiger charge is 2.33. The number of allylic oxidation sites excluding steroid dienone is 1. The molecule has 3 aromatic carbocycles. The molecule has 1 saturated heterocycles. The number of nitro benzene ring substituents is 1. The maximum Gasteiger partial charge on any atom is 0.270 e. The molecule has 6 heteroatoms. The largest absolute Gasteiger partial charge is 0.371 e. The summed E-state index contributed by atoms with van der Waals surface area (Å²) in [6.45, 7) is 1.57. The topological polar surface area (TPSA) is 80.5 Å². The van der Waals surface area contributed by atoms with Crippen LogP contribution in [0.15, 0.2) is 78.4 Å². The van der Waals surface area contributed by atoms with Gasteiger partial charge in [-0.05, 0) is 36.5 Å². The van der Waals surface area contributed by atoms with Crippen LogP contribution in [-0.2, 0) is 0 Å². The van der Waals surface area contributed by atoms with Crippen LogP contribution in [0.25, 0.3) is 6.08 Å². The van der Waals surface area contributed by atoms with Gasteiger partial charge in [0.25, 0.3) is 5.69 Å². The van der Waals surface area contributed by atoms with Crippen LogP contribution in [0.5, 0.6) is 0 Å². The van der Waals surface area contributed by atoms with Crippen LogP contribution in [0.2, 0.25) is 0 Å². The van der Waals surface area contributed by atoms with E-state index >= 15 is 0 Å². The van der Waals surface area contributed by atoms with Crippen LogP contribution in [0, 0.1) is 10.1 Å². The number of benzene rings is 3. The Bertz CT molecular complexity index is 1250. The highest BCUT2D eigenvalue weighted by Crippen LogP contribution is 2.35. The molecule has 0 bridgehead atoms. The lowest BCUT2D eigenvalue weighted by atomic mass is 9.89. The Morgan fingerprint density at radius 3 is 2.06 bits per heavy atom. The lowest BCUT2D eigenvalue weighted by molar-refractivity contribution is -0.384. The Balaban J connectivity index is 1.48. The summed E-state index contributed by atoms with van der Waals surface area (Å²) >= 11 is 0. The van der Waals surface area contributed by atoms with E-state index in [0.717, 1.165) is 31.6 Å². The first-order valence-corrected chi connectivity index (χ1v) is 11.0. The summed E-state index contributed by atoms with van der Waals surface area (Å²) in [6, 6.07) is 21.8. The number of Topliss-reactive ketones (excluding diaryl/α,β-unsaturated/α-hetero) is 2. The molecule has 33 heavy (non-hydrogen) atoms. The molecule has 2 aliphatic rings. The van der Waals surface area contributed by atoms with Crippen molar-refractivity contribution in [1.82, 2.24) is 0 Å². The van der Waals surface area contributed by atoms with Gasteiger partial charge >= 0.3 is 0 Å². The third kappa shape index (κ3) is 3.84. The number of non-ortho nitro benzene ring substituents is 1. The summed E-state index contributed by atoms with van der Waals surface area (Å²) < 4.78 is 0. The second-order valence-corrected chi connectivity index (χ2v) is 8.43. The first-order valence-electron chi connectivity index (χ1n) is 11.0. The van der Waals surface area contributed by atoms with Crippen molar-refractivity contribution in [3.05, 3.63) is 111 Å². The van der Waals surface area contributed by atoms with Crippen molar-refractivity contribution in [3.8, 4) is 0 Å². The highest BCUT2D eigenvalue weighted by atomic mass is 16.6. The zero-order valence-corrected chi connectivity index (χ0v) is 17.9. The fraction of sp³-hybridized carbons (Fsp3) is 0.185. The minimum Gasteiger partial charge on any atom is -0.371 e. The molecule has 3 aromatic rings. The lowest BCUT2D eigenvalue weighted by Gasteiger charge is -2.34. The molecule has 0 N–H and O–H groups in total.